The predicted octanol–water partition coefficient (Wildman–Crippen LogP) is -0.0777. The maximum absolute atomic E-state index is 11.1. The van der Waals surface area contributed by atoms with Gasteiger partial charge in [-0.05, 0) is 13.8 Å². The molecular formula is C10H24N2O3S. The van der Waals surface area contributed by atoms with Crippen molar-refractivity contribution in [3.8, 4) is 0 Å². The predicted molar refractivity (Wildman–Crippen MR) is 65.8 cm³/mol. The van der Waals surface area contributed by atoms with Crippen LogP contribution in [0.4, 0.5) is 0 Å². The van der Waals surface area contributed by atoms with Gasteiger partial charge >= 0.3 is 0 Å². The van der Waals surface area contributed by atoms with Gasteiger partial charge in [-0.2, -0.15) is 0 Å². The molecule has 0 bridgehead atoms. The Morgan fingerprint density at radius 1 is 1.12 bits per heavy atom. The number of hydrogen-bond acceptors (Lipinski definition) is 4. The lowest BCUT2D eigenvalue weighted by Gasteiger charge is -2.28. The summed E-state index contributed by atoms with van der Waals surface area (Å²) in [6, 6.07) is 0. The molecule has 16 heavy (non-hydrogen) atoms. The lowest BCUT2D eigenvalue weighted by atomic mass is 9.94. The van der Waals surface area contributed by atoms with Crippen molar-refractivity contribution in [3.63, 3.8) is 0 Å². The van der Waals surface area contributed by atoms with Crippen LogP contribution in [-0.2, 0) is 10.0 Å². The Labute approximate surface area is 98.7 Å². The van der Waals surface area contributed by atoms with Gasteiger partial charge in [0.2, 0.25) is 10.0 Å². The molecule has 5 nitrogen and oxygen atoms in total. The molecule has 0 heterocycles. The van der Waals surface area contributed by atoms with Crippen LogP contribution in [-0.4, -0.2) is 45.0 Å². The maximum Gasteiger partial charge on any atom is 0.209 e. The fraction of sp³-hybridized carbons (Fsp3) is 1.00. The molecule has 0 radical (unpaired) electrons. The second kappa shape index (κ2) is 5.44. The van der Waals surface area contributed by atoms with Crippen molar-refractivity contribution in [1.29, 1.82) is 0 Å². The molecule has 0 aromatic heterocycles. The highest BCUT2D eigenvalue weighted by Crippen LogP contribution is 2.12. The first-order chi connectivity index (χ1) is 6.97. The van der Waals surface area contributed by atoms with Crippen molar-refractivity contribution < 1.29 is 13.5 Å². The van der Waals surface area contributed by atoms with Gasteiger partial charge in [-0.1, -0.05) is 13.8 Å². The summed E-state index contributed by atoms with van der Waals surface area (Å²) in [5, 5.41) is 12.2. The molecule has 0 aliphatic rings. The number of nitrogens with one attached hydrogen (secondary N) is 2. The lowest BCUT2D eigenvalue weighted by Crippen LogP contribution is -2.51. The molecule has 0 atom stereocenters. The molecule has 0 unspecified atom stereocenters. The van der Waals surface area contributed by atoms with Gasteiger partial charge in [-0.25, -0.2) is 13.1 Å². The molecule has 0 aromatic carbocycles. The summed E-state index contributed by atoms with van der Waals surface area (Å²) in [6.45, 7) is 8.76. The number of rotatable bonds is 7. The van der Waals surface area contributed by atoms with Crippen molar-refractivity contribution in [1.82, 2.24) is 10.0 Å². The highest BCUT2D eigenvalue weighted by atomic mass is 32.2. The molecule has 0 rings (SSSR count). The Balaban J connectivity index is 4.11. The molecule has 0 amide bonds. The summed E-state index contributed by atoms with van der Waals surface area (Å²) >= 11 is 0. The van der Waals surface area contributed by atoms with E-state index in [-0.39, 0.29) is 12.0 Å². The average Bonchev–Trinajstić information content (AvgIpc) is 1.98. The van der Waals surface area contributed by atoms with Crippen LogP contribution in [0, 0.1) is 5.41 Å². The van der Waals surface area contributed by atoms with Crippen LogP contribution in [0.5, 0.6) is 0 Å². The molecule has 6 heteroatoms. The largest absolute Gasteiger partial charge is 0.396 e. The van der Waals surface area contributed by atoms with Gasteiger partial charge in [0.25, 0.3) is 0 Å². The van der Waals surface area contributed by atoms with E-state index >= 15 is 0 Å². The van der Waals surface area contributed by atoms with Gasteiger partial charge in [0, 0.05) is 30.7 Å². The molecule has 0 aromatic rings. The van der Waals surface area contributed by atoms with Crippen molar-refractivity contribution in [2.75, 3.05) is 26.0 Å². The molecule has 0 spiro atoms. The van der Waals surface area contributed by atoms with Gasteiger partial charge in [-0.3, -0.25) is 0 Å². The lowest BCUT2D eigenvalue weighted by molar-refractivity contribution is 0.155. The minimum absolute atomic E-state index is 0.0972. The first-order valence-corrected chi connectivity index (χ1v) is 7.17. The minimum Gasteiger partial charge on any atom is -0.396 e. The average molecular weight is 252 g/mol. The molecular weight excluding hydrogens is 228 g/mol. The third kappa shape index (κ3) is 8.04. The highest BCUT2D eigenvalue weighted by molar-refractivity contribution is 7.88. The van der Waals surface area contributed by atoms with Crippen molar-refractivity contribution in [3.05, 3.63) is 0 Å². The Bertz CT molecular complexity index is 310. The van der Waals surface area contributed by atoms with E-state index in [0.29, 0.717) is 13.1 Å². The van der Waals surface area contributed by atoms with E-state index in [9.17, 15) is 8.42 Å². The van der Waals surface area contributed by atoms with E-state index in [1.807, 2.05) is 27.7 Å². The summed E-state index contributed by atoms with van der Waals surface area (Å²) in [4.78, 5) is 0. The highest BCUT2D eigenvalue weighted by Gasteiger charge is 2.23. The summed E-state index contributed by atoms with van der Waals surface area (Å²) in [7, 11) is -3.19. The van der Waals surface area contributed by atoms with Crippen molar-refractivity contribution in [2.45, 2.75) is 33.2 Å². The van der Waals surface area contributed by atoms with Gasteiger partial charge in [0.1, 0.15) is 0 Å². The molecule has 0 aliphatic heterocycles. The molecule has 0 saturated heterocycles. The third-order valence-corrected chi connectivity index (χ3v) is 2.98. The fourth-order valence-corrected chi connectivity index (χ4v) is 2.38. The second-order valence-electron chi connectivity index (χ2n) is 5.68. The smallest absolute Gasteiger partial charge is 0.209 e. The molecule has 0 fully saturated rings. The Kier molecular flexibility index (Phi) is 5.38. The van der Waals surface area contributed by atoms with Crippen LogP contribution in [0.25, 0.3) is 0 Å². The van der Waals surface area contributed by atoms with Gasteiger partial charge < -0.3 is 10.4 Å². The van der Waals surface area contributed by atoms with Crippen LogP contribution in [0.3, 0.4) is 0 Å². The zero-order valence-electron chi connectivity index (χ0n) is 10.8. The SMILES string of the molecule is CC(C)(CO)CNCC(C)(C)NS(C)(=O)=O. The molecule has 0 saturated carbocycles. The van der Waals surface area contributed by atoms with Gasteiger partial charge in [0.05, 0.1) is 6.26 Å². The zero-order chi connectivity index (χ0) is 13.0. The molecule has 3 N–H and O–H groups in total. The second-order valence-corrected chi connectivity index (χ2v) is 7.43. The van der Waals surface area contributed by atoms with E-state index in [4.69, 9.17) is 5.11 Å². The summed E-state index contributed by atoms with van der Waals surface area (Å²) in [5.41, 5.74) is -0.722. The number of aliphatic hydroxyl groups excluding tert-OH is 1. The first kappa shape index (κ1) is 15.8. The monoisotopic (exact) mass is 252 g/mol. The normalized spacial score (nSPS) is 14.1. The molecule has 98 valence electrons. The van der Waals surface area contributed by atoms with Gasteiger partial charge in [-0.15, -0.1) is 0 Å². The Morgan fingerprint density at radius 2 is 1.62 bits per heavy atom. The van der Waals surface area contributed by atoms with E-state index in [1.54, 1.807) is 0 Å². The van der Waals surface area contributed by atoms with E-state index < -0.39 is 15.6 Å². The van der Waals surface area contributed by atoms with Crippen LogP contribution in [0.15, 0.2) is 0 Å². The van der Waals surface area contributed by atoms with E-state index in [1.165, 1.54) is 0 Å². The first-order valence-electron chi connectivity index (χ1n) is 5.28. The summed E-state index contributed by atoms with van der Waals surface area (Å²) in [6.07, 6.45) is 1.15. The zero-order valence-corrected chi connectivity index (χ0v) is 11.6. The summed E-state index contributed by atoms with van der Waals surface area (Å²) < 4.78 is 24.7. The number of sulfonamides is 1. The van der Waals surface area contributed by atoms with Crippen LogP contribution in [0.1, 0.15) is 27.7 Å². The topological polar surface area (TPSA) is 78.4 Å². The van der Waals surface area contributed by atoms with Gasteiger partial charge in [0.15, 0.2) is 0 Å². The summed E-state index contributed by atoms with van der Waals surface area (Å²) in [5.74, 6) is 0. The van der Waals surface area contributed by atoms with Crippen LogP contribution in [0.2, 0.25) is 0 Å². The number of hydrogen-bond donors (Lipinski definition) is 3. The van der Waals surface area contributed by atoms with E-state index in [2.05, 4.69) is 10.0 Å². The number of aliphatic hydroxyl groups is 1. The fourth-order valence-electron chi connectivity index (χ4n) is 1.31. The third-order valence-electron chi connectivity index (χ3n) is 2.06. The maximum atomic E-state index is 11.1. The van der Waals surface area contributed by atoms with E-state index in [0.717, 1.165) is 6.26 Å². The molecule has 0 aliphatic carbocycles. The quantitative estimate of drug-likeness (QED) is 0.592. The Hall–Kier alpha value is -0.170. The standard InChI is InChI=1S/C10H24N2O3S/c1-9(2,8-13)6-11-7-10(3,4)12-16(5,14)15/h11-13H,6-8H2,1-5H3. The van der Waals surface area contributed by atoms with Crippen LogP contribution < -0.4 is 10.0 Å². The minimum atomic E-state index is -3.19. The van der Waals surface area contributed by atoms with Crippen molar-refractivity contribution >= 4 is 10.0 Å². The Morgan fingerprint density at radius 3 is 2.00 bits per heavy atom. The van der Waals surface area contributed by atoms with Crippen molar-refractivity contribution in [2.24, 2.45) is 5.41 Å². The van der Waals surface area contributed by atoms with Crippen LogP contribution >= 0.6 is 0 Å².